The summed E-state index contributed by atoms with van der Waals surface area (Å²) in [5, 5.41) is 22.9. The quantitative estimate of drug-likeness (QED) is 0.298. The van der Waals surface area contributed by atoms with Crippen molar-refractivity contribution in [3.63, 3.8) is 0 Å². The summed E-state index contributed by atoms with van der Waals surface area (Å²) < 4.78 is 30.7. The Morgan fingerprint density at radius 1 is 1.12 bits per heavy atom. The van der Waals surface area contributed by atoms with Crippen LogP contribution >= 0.6 is 0 Å². The van der Waals surface area contributed by atoms with Crippen LogP contribution in [0.5, 0.6) is 0 Å². The van der Waals surface area contributed by atoms with Crippen LogP contribution in [0.15, 0.2) is 47.4 Å². The molecule has 2 N–H and O–H groups in total. The third-order valence-electron chi connectivity index (χ3n) is 4.88. The Kier molecular flexibility index (Phi) is 8.17. The predicted molar refractivity (Wildman–Crippen MR) is 125 cm³/mol. The number of non-ortho nitro benzene ring substituents is 1. The molecule has 0 heterocycles. The zero-order valence-corrected chi connectivity index (χ0v) is 20.4. The number of carbonyl (C=O) groups excluding carboxylic acids is 1. The minimum Gasteiger partial charge on any atom is -0.478 e. The topological polar surface area (TPSA) is 153 Å². The lowest BCUT2D eigenvalue weighted by molar-refractivity contribution is -0.384. The Hall–Kier alpha value is -3.31. The van der Waals surface area contributed by atoms with E-state index in [2.05, 4.69) is 5.32 Å². The number of nitro groups is 1. The number of nitro benzene ring substituents is 1. The van der Waals surface area contributed by atoms with Crippen molar-refractivity contribution < 1.29 is 32.2 Å². The van der Waals surface area contributed by atoms with Crippen LogP contribution in [0.2, 0.25) is 0 Å². The molecule has 0 saturated carbocycles. The highest BCUT2D eigenvalue weighted by atomic mass is 32.2. The van der Waals surface area contributed by atoms with Gasteiger partial charge in [-0.2, -0.15) is 8.42 Å². The van der Waals surface area contributed by atoms with Crippen LogP contribution in [0.25, 0.3) is 0 Å². The molecule has 0 aromatic heterocycles. The van der Waals surface area contributed by atoms with Gasteiger partial charge in [0.25, 0.3) is 21.7 Å². The maximum atomic E-state index is 13.0. The lowest BCUT2D eigenvalue weighted by atomic mass is 9.83. The fourth-order valence-electron chi connectivity index (χ4n) is 3.21. The zero-order chi connectivity index (χ0) is 25.8. The van der Waals surface area contributed by atoms with Crippen LogP contribution < -0.4 is 5.32 Å². The van der Waals surface area contributed by atoms with Crippen molar-refractivity contribution >= 4 is 33.4 Å². The number of benzene rings is 2. The highest BCUT2D eigenvalue weighted by Gasteiger charge is 2.29. The number of aromatic carboxylic acids is 1. The van der Waals surface area contributed by atoms with Crippen molar-refractivity contribution in [3.8, 4) is 0 Å². The minimum absolute atomic E-state index is 0.0807. The molecule has 184 valence electrons. The van der Waals surface area contributed by atoms with Gasteiger partial charge < -0.3 is 10.4 Å². The molecule has 0 bridgehead atoms. The van der Waals surface area contributed by atoms with E-state index in [9.17, 15) is 33.2 Å². The molecule has 1 unspecified atom stereocenters. The first-order valence-corrected chi connectivity index (χ1v) is 11.9. The summed E-state index contributed by atoms with van der Waals surface area (Å²) in [6, 6.07) is 8.49. The molecule has 0 aliphatic heterocycles. The van der Waals surface area contributed by atoms with E-state index in [0.29, 0.717) is 11.3 Å². The summed E-state index contributed by atoms with van der Waals surface area (Å²) in [6.07, 6.45) is -1.30. The van der Waals surface area contributed by atoms with Crippen molar-refractivity contribution in [2.75, 3.05) is 5.32 Å². The number of hydrogen-bond donors (Lipinski definition) is 2. The molecule has 0 radical (unpaired) electrons. The number of rotatable bonds is 9. The Balaban J connectivity index is 2.32. The lowest BCUT2D eigenvalue weighted by Crippen LogP contribution is -2.34. The van der Waals surface area contributed by atoms with Crippen LogP contribution in [0.1, 0.15) is 57.0 Å². The maximum absolute atomic E-state index is 13.0. The van der Waals surface area contributed by atoms with Crippen LogP contribution in [0.4, 0.5) is 11.4 Å². The Morgan fingerprint density at radius 3 is 2.18 bits per heavy atom. The number of amides is 1. The van der Waals surface area contributed by atoms with Crippen molar-refractivity contribution in [3.05, 3.63) is 63.7 Å². The normalized spacial score (nSPS) is 12.9. The molecule has 2 rings (SSSR count). The largest absolute Gasteiger partial charge is 0.478 e. The first-order chi connectivity index (χ1) is 15.6. The van der Waals surface area contributed by atoms with Gasteiger partial charge in [0, 0.05) is 17.8 Å². The van der Waals surface area contributed by atoms with Gasteiger partial charge in [-0.3, -0.25) is 19.1 Å². The molecular weight excluding hydrogens is 464 g/mol. The van der Waals surface area contributed by atoms with Gasteiger partial charge in [0.1, 0.15) is 0 Å². The Morgan fingerprint density at radius 2 is 1.71 bits per heavy atom. The monoisotopic (exact) mass is 492 g/mol. The van der Waals surface area contributed by atoms with Crippen LogP contribution in [0.3, 0.4) is 0 Å². The summed E-state index contributed by atoms with van der Waals surface area (Å²) in [6.45, 7) is 9.09. The molecule has 0 saturated heterocycles. The van der Waals surface area contributed by atoms with Crippen molar-refractivity contribution in [2.45, 2.75) is 57.5 Å². The fraction of sp³-hybridized carbons (Fsp3) is 0.391. The van der Waals surface area contributed by atoms with Crippen molar-refractivity contribution in [2.24, 2.45) is 5.92 Å². The summed E-state index contributed by atoms with van der Waals surface area (Å²) in [7, 11) is -4.40. The van der Waals surface area contributed by atoms with E-state index in [1.807, 2.05) is 20.8 Å². The van der Waals surface area contributed by atoms with Gasteiger partial charge in [0.2, 0.25) is 0 Å². The first-order valence-electron chi connectivity index (χ1n) is 10.5. The second kappa shape index (κ2) is 10.3. The molecular formula is C23H28N2O8S. The SMILES string of the molecule is CC(C)CC(OS(=O)(=O)c1ccc([N+](=O)[O-])cc1)C(=O)Nc1ccc(C(=O)O)c(C(C)(C)C)c1. The van der Waals surface area contributed by atoms with E-state index < -0.39 is 38.4 Å². The van der Waals surface area contributed by atoms with E-state index in [4.69, 9.17) is 4.18 Å². The summed E-state index contributed by atoms with van der Waals surface area (Å²) in [5.74, 6) is -1.91. The molecule has 0 fully saturated rings. The number of carboxylic acid groups (broad SMARTS) is 1. The number of carbonyl (C=O) groups is 2. The van der Waals surface area contributed by atoms with Gasteiger partial charge in [-0.25, -0.2) is 4.79 Å². The number of carboxylic acids is 1. The average molecular weight is 493 g/mol. The van der Waals surface area contributed by atoms with Crippen LogP contribution in [0, 0.1) is 16.0 Å². The lowest BCUT2D eigenvalue weighted by Gasteiger charge is -2.23. The van der Waals surface area contributed by atoms with Crippen molar-refractivity contribution in [1.29, 1.82) is 0 Å². The summed E-state index contributed by atoms with van der Waals surface area (Å²) >= 11 is 0. The highest BCUT2D eigenvalue weighted by Crippen LogP contribution is 2.29. The minimum atomic E-state index is -4.40. The first kappa shape index (κ1) is 26.9. The molecule has 34 heavy (non-hydrogen) atoms. The van der Waals surface area contributed by atoms with Crippen LogP contribution in [-0.4, -0.2) is 36.4 Å². The van der Waals surface area contributed by atoms with E-state index in [0.717, 1.165) is 24.3 Å². The van der Waals surface area contributed by atoms with Gasteiger partial charge in [-0.05, 0) is 53.6 Å². The Bertz CT molecular complexity index is 1180. The van der Waals surface area contributed by atoms with E-state index >= 15 is 0 Å². The van der Waals surface area contributed by atoms with E-state index in [-0.39, 0.29) is 28.5 Å². The van der Waals surface area contributed by atoms with Crippen LogP contribution in [-0.2, 0) is 24.5 Å². The molecule has 0 aliphatic carbocycles. The van der Waals surface area contributed by atoms with Gasteiger partial charge in [-0.15, -0.1) is 0 Å². The number of nitrogens with one attached hydrogen (secondary N) is 1. The summed E-state index contributed by atoms with van der Waals surface area (Å²) in [4.78, 5) is 34.4. The smallest absolute Gasteiger partial charge is 0.335 e. The number of nitrogens with zero attached hydrogens (tertiary/aromatic N) is 1. The van der Waals surface area contributed by atoms with Gasteiger partial charge in [-0.1, -0.05) is 34.6 Å². The van der Waals surface area contributed by atoms with Crippen molar-refractivity contribution in [1.82, 2.24) is 0 Å². The second-order valence-electron chi connectivity index (χ2n) is 9.22. The zero-order valence-electron chi connectivity index (χ0n) is 19.6. The molecule has 11 heteroatoms. The average Bonchev–Trinajstić information content (AvgIpc) is 2.72. The molecule has 2 aromatic carbocycles. The van der Waals surface area contributed by atoms with E-state index in [1.165, 1.54) is 12.1 Å². The molecule has 1 amide bonds. The molecule has 1 atom stereocenters. The third-order valence-corrected chi connectivity index (χ3v) is 6.22. The van der Waals surface area contributed by atoms with Gasteiger partial charge >= 0.3 is 5.97 Å². The second-order valence-corrected chi connectivity index (χ2v) is 10.8. The Labute approximate surface area is 198 Å². The maximum Gasteiger partial charge on any atom is 0.335 e. The molecule has 0 aliphatic rings. The molecule has 0 spiro atoms. The van der Waals surface area contributed by atoms with Gasteiger partial charge in [0.05, 0.1) is 15.4 Å². The standard InChI is InChI=1S/C23H28N2O8S/c1-14(2)12-20(33-34(31,32)17-9-7-16(8-10-17)25(29)30)21(26)24-15-6-11-18(22(27)28)19(13-15)23(3,4)5/h6-11,13-14,20H,12H2,1-5H3,(H,24,26)(H,27,28). The number of anilines is 1. The number of hydrogen-bond acceptors (Lipinski definition) is 7. The molecule has 10 nitrogen and oxygen atoms in total. The third kappa shape index (κ3) is 6.84. The van der Waals surface area contributed by atoms with E-state index in [1.54, 1.807) is 19.9 Å². The summed E-state index contributed by atoms with van der Waals surface area (Å²) in [5.41, 5.74) is 0.0837. The predicted octanol–water partition coefficient (Wildman–Crippen LogP) is 4.35. The van der Waals surface area contributed by atoms with Gasteiger partial charge in [0.15, 0.2) is 6.10 Å². The fourth-order valence-corrected chi connectivity index (χ4v) is 4.27. The highest BCUT2D eigenvalue weighted by molar-refractivity contribution is 7.86. The molecule has 2 aromatic rings.